The Hall–Kier alpha value is -7.92. The molecule has 4 heterocycles. The molecule has 3 aromatic heterocycles. The summed E-state index contributed by atoms with van der Waals surface area (Å²) in [6, 6.07) is 77.6. The fourth-order valence-electron chi connectivity index (χ4n) is 11.2. The summed E-state index contributed by atoms with van der Waals surface area (Å²) in [6.07, 6.45) is 0. The molecular formula is C59H35N3S. The summed E-state index contributed by atoms with van der Waals surface area (Å²) in [5, 5.41) is 5.06. The largest absolute Gasteiger partial charge is 0.309 e. The second kappa shape index (κ2) is 13.0. The Morgan fingerprint density at radius 3 is 1.87 bits per heavy atom. The van der Waals surface area contributed by atoms with Crippen molar-refractivity contribution in [2.45, 2.75) is 5.41 Å². The van der Waals surface area contributed by atoms with Gasteiger partial charge in [-0.05, 0) is 68.8 Å². The lowest BCUT2D eigenvalue weighted by atomic mass is 9.65. The maximum absolute atomic E-state index is 5.65. The van der Waals surface area contributed by atoms with Gasteiger partial charge in [-0.15, -0.1) is 11.3 Å². The number of para-hydroxylation sites is 3. The third-order valence-corrected chi connectivity index (χ3v) is 14.9. The first-order valence-electron chi connectivity index (χ1n) is 21.6. The number of hydrogen-bond acceptors (Lipinski definition) is 3. The molecule has 0 bridgehead atoms. The van der Waals surface area contributed by atoms with Gasteiger partial charge in [0.2, 0.25) is 0 Å². The van der Waals surface area contributed by atoms with Crippen molar-refractivity contribution < 1.29 is 0 Å². The maximum Gasteiger partial charge on any atom is 0.161 e. The zero-order valence-electron chi connectivity index (χ0n) is 34.0. The van der Waals surface area contributed by atoms with Crippen molar-refractivity contribution in [1.82, 2.24) is 14.5 Å². The molecule has 12 aromatic rings. The molecule has 1 aliphatic carbocycles. The Labute approximate surface area is 367 Å². The molecule has 0 amide bonds. The van der Waals surface area contributed by atoms with Crippen molar-refractivity contribution >= 4 is 53.3 Å². The molecule has 292 valence electrons. The van der Waals surface area contributed by atoms with E-state index in [1.54, 1.807) is 0 Å². The molecule has 3 nitrogen and oxygen atoms in total. The summed E-state index contributed by atoms with van der Waals surface area (Å²) in [7, 11) is 0. The Kier molecular flexibility index (Phi) is 7.20. The van der Waals surface area contributed by atoms with Gasteiger partial charge in [0.15, 0.2) is 5.82 Å². The van der Waals surface area contributed by atoms with E-state index >= 15 is 0 Å². The maximum atomic E-state index is 5.65. The molecule has 9 aromatic carbocycles. The molecule has 1 unspecified atom stereocenters. The second-order valence-corrected chi connectivity index (χ2v) is 17.8. The first kappa shape index (κ1) is 34.8. The minimum absolute atomic E-state index is 0.578. The molecule has 0 fully saturated rings. The van der Waals surface area contributed by atoms with Crippen LogP contribution < -0.4 is 0 Å². The zero-order chi connectivity index (χ0) is 41.2. The van der Waals surface area contributed by atoms with Gasteiger partial charge in [-0.25, -0.2) is 9.97 Å². The molecule has 0 N–H and O–H groups in total. The van der Waals surface area contributed by atoms with Gasteiger partial charge in [0, 0.05) is 47.6 Å². The predicted molar refractivity (Wildman–Crippen MR) is 262 cm³/mol. The zero-order valence-corrected chi connectivity index (χ0v) is 34.8. The number of nitrogens with zero attached hydrogens (tertiary/aromatic N) is 3. The third kappa shape index (κ3) is 4.68. The number of hydrogen-bond donors (Lipinski definition) is 0. The molecule has 1 spiro atoms. The summed E-state index contributed by atoms with van der Waals surface area (Å²) >= 11 is 1.84. The van der Waals surface area contributed by atoms with E-state index in [-0.39, 0.29) is 0 Å². The van der Waals surface area contributed by atoms with Crippen LogP contribution in [0.4, 0.5) is 0 Å². The highest BCUT2D eigenvalue weighted by Crippen LogP contribution is 2.62. The topological polar surface area (TPSA) is 30.7 Å². The van der Waals surface area contributed by atoms with Crippen LogP contribution in [0.25, 0.3) is 104 Å². The lowest BCUT2D eigenvalue weighted by Gasteiger charge is -2.39. The average molecular weight is 818 g/mol. The lowest BCUT2D eigenvalue weighted by molar-refractivity contribution is 0.748. The van der Waals surface area contributed by atoms with Crippen molar-refractivity contribution in [1.29, 1.82) is 0 Å². The third-order valence-electron chi connectivity index (χ3n) is 13.7. The Bertz CT molecular complexity index is 3880. The van der Waals surface area contributed by atoms with E-state index in [1.807, 2.05) is 11.3 Å². The number of rotatable bonds is 4. The van der Waals surface area contributed by atoms with E-state index in [2.05, 4.69) is 217 Å². The predicted octanol–water partition coefficient (Wildman–Crippen LogP) is 15.3. The van der Waals surface area contributed by atoms with E-state index < -0.39 is 5.41 Å². The van der Waals surface area contributed by atoms with Crippen LogP contribution in [0.3, 0.4) is 0 Å². The standard InChI is InChI=1S/C59H35N3S/c1-2-17-36(18-3-1)37-19-4-5-20-38(37)50-35-51(44-26-14-25-42-40-22-8-13-34-54(40)63-57(42)44)61-58(60-50)45-27-16-30-48-55(45)43-23-6-9-28-46(43)59(48)47-29-10-12-33-53(47)62-52-32-11-7-21-39(52)41-24-15-31-49(59)56(41)62/h1-35H. The van der Waals surface area contributed by atoms with Gasteiger partial charge in [-0.3, -0.25) is 0 Å². The molecule has 2 aliphatic rings. The fourth-order valence-corrected chi connectivity index (χ4v) is 12.4. The highest BCUT2D eigenvalue weighted by molar-refractivity contribution is 7.26. The molecule has 63 heavy (non-hydrogen) atoms. The van der Waals surface area contributed by atoms with E-state index in [1.165, 1.54) is 81.0 Å². The van der Waals surface area contributed by atoms with Crippen LogP contribution in [0.2, 0.25) is 0 Å². The van der Waals surface area contributed by atoms with E-state index in [0.29, 0.717) is 5.82 Å². The van der Waals surface area contributed by atoms with Crippen LogP contribution in [-0.2, 0) is 5.41 Å². The summed E-state index contributed by atoms with van der Waals surface area (Å²) in [6.45, 7) is 0. The first-order chi connectivity index (χ1) is 31.3. The van der Waals surface area contributed by atoms with Crippen LogP contribution in [-0.4, -0.2) is 14.5 Å². The van der Waals surface area contributed by atoms with Crippen LogP contribution in [0.1, 0.15) is 22.3 Å². The van der Waals surface area contributed by atoms with Crippen molar-refractivity contribution in [3.05, 3.63) is 235 Å². The summed E-state index contributed by atoms with van der Waals surface area (Å²) in [5.41, 5.74) is 17.9. The minimum atomic E-state index is -0.578. The number of thiophene rings is 1. The fraction of sp³-hybridized carbons (Fsp3) is 0.0169. The van der Waals surface area contributed by atoms with Crippen LogP contribution in [0.15, 0.2) is 212 Å². The summed E-state index contributed by atoms with van der Waals surface area (Å²) in [5.74, 6) is 0.712. The van der Waals surface area contributed by atoms with E-state index in [9.17, 15) is 0 Å². The van der Waals surface area contributed by atoms with Crippen molar-refractivity contribution in [3.63, 3.8) is 0 Å². The summed E-state index contributed by atoms with van der Waals surface area (Å²) < 4.78 is 5.01. The van der Waals surface area contributed by atoms with E-state index in [0.717, 1.165) is 39.2 Å². The molecule has 0 saturated carbocycles. The van der Waals surface area contributed by atoms with Crippen molar-refractivity contribution in [2.75, 3.05) is 0 Å². The first-order valence-corrected chi connectivity index (χ1v) is 22.4. The van der Waals surface area contributed by atoms with Gasteiger partial charge in [-0.1, -0.05) is 188 Å². The molecule has 4 heteroatoms. The molecule has 1 aliphatic heterocycles. The normalized spacial score (nSPS) is 14.7. The van der Waals surface area contributed by atoms with Crippen molar-refractivity contribution in [3.8, 4) is 61.8 Å². The average Bonchev–Trinajstić information content (AvgIpc) is 4.01. The molecule has 14 rings (SSSR count). The van der Waals surface area contributed by atoms with Gasteiger partial charge in [0.25, 0.3) is 0 Å². The number of benzene rings is 9. The Morgan fingerprint density at radius 2 is 0.984 bits per heavy atom. The minimum Gasteiger partial charge on any atom is -0.309 e. The van der Waals surface area contributed by atoms with Crippen LogP contribution in [0, 0.1) is 0 Å². The highest BCUT2D eigenvalue weighted by atomic mass is 32.1. The lowest BCUT2D eigenvalue weighted by Crippen LogP contribution is -2.33. The van der Waals surface area contributed by atoms with Crippen molar-refractivity contribution in [2.24, 2.45) is 0 Å². The van der Waals surface area contributed by atoms with Gasteiger partial charge in [-0.2, -0.15) is 0 Å². The quantitative estimate of drug-likeness (QED) is 0.177. The van der Waals surface area contributed by atoms with Gasteiger partial charge in [0.1, 0.15) is 0 Å². The number of fused-ring (bicyclic) bond motifs is 15. The summed E-state index contributed by atoms with van der Waals surface area (Å²) in [4.78, 5) is 11.3. The Morgan fingerprint density at radius 1 is 0.397 bits per heavy atom. The molecular weight excluding hydrogens is 783 g/mol. The number of aromatic nitrogens is 3. The van der Waals surface area contributed by atoms with Crippen LogP contribution >= 0.6 is 11.3 Å². The van der Waals surface area contributed by atoms with Gasteiger partial charge >= 0.3 is 0 Å². The monoisotopic (exact) mass is 817 g/mol. The molecule has 0 saturated heterocycles. The smallest absolute Gasteiger partial charge is 0.161 e. The highest BCUT2D eigenvalue weighted by Gasteiger charge is 2.51. The second-order valence-electron chi connectivity index (χ2n) is 16.7. The van der Waals surface area contributed by atoms with E-state index in [4.69, 9.17) is 9.97 Å². The SMILES string of the molecule is c1ccc(-c2ccccc2-c2cc(-c3cccc4c3sc3ccccc34)nc(-c3cccc4c3-c3ccccc3C43c4ccccc4-n4c5ccccc5c5cccc3c54)n2)cc1. The Balaban J connectivity index is 1.08. The van der Waals surface area contributed by atoms with Gasteiger partial charge in [0.05, 0.1) is 33.5 Å². The molecule has 1 atom stereocenters. The molecule has 0 radical (unpaired) electrons. The van der Waals surface area contributed by atoms with Crippen LogP contribution in [0.5, 0.6) is 0 Å². The van der Waals surface area contributed by atoms with Gasteiger partial charge < -0.3 is 4.57 Å².